The summed E-state index contributed by atoms with van der Waals surface area (Å²) in [7, 11) is 0. The van der Waals surface area contributed by atoms with Crippen molar-refractivity contribution >= 4 is 21.9 Å². The van der Waals surface area contributed by atoms with Gasteiger partial charge in [-0.1, -0.05) is 28.1 Å². The maximum Gasteiger partial charge on any atom is 0.311 e. The molecule has 1 atom stereocenters. The van der Waals surface area contributed by atoms with Crippen LogP contribution in [0.15, 0.2) is 28.7 Å². The smallest absolute Gasteiger partial charge is 0.311 e. The first-order valence-corrected chi connectivity index (χ1v) is 5.06. The summed E-state index contributed by atoms with van der Waals surface area (Å²) in [5.74, 6) is -2.38. The van der Waals surface area contributed by atoms with Gasteiger partial charge in [-0.05, 0) is 17.7 Å². The summed E-state index contributed by atoms with van der Waals surface area (Å²) >= 11 is 3.17. The van der Waals surface area contributed by atoms with Crippen molar-refractivity contribution in [1.82, 2.24) is 0 Å². The number of rotatable bonds is 4. The monoisotopic (exact) mass is 278 g/mol. The molecule has 0 aliphatic rings. The fraction of sp³-hybridized carbons (Fsp3) is 0.300. The van der Waals surface area contributed by atoms with E-state index in [4.69, 9.17) is 5.11 Å². The van der Waals surface area contributed by atoms with Crippen LogP contribution in [0.3, 0.4) is 0 Å². The lowest BCUT2D eigenvalue weighted by Gasteiger charge is -2.12. The molecule has 0 bridgehead atoms. The van der Waals surface area contributed by atoms with Gasteiger partial charge < -0.3 is 5.11 Å². The molecule has 0 aliphatic carbocycles. The van der Waals surface area contributed by atoms with Gasteiger partial charge in [0.05, 0.1) is 5.92 Å². The molecule has 0 fully saturated rings. The number of halogens is 3. The molecule has 1 aromatic rings. The predicted octanol–water partition coefficient (Wildman–Crippen LogP) is 3.27. The van der Waals surface area contributed by atoms with Crippen LogP contribution in [0.4, 0.5) is 8.78 Å². The Hall–Kier alpha value is -0.970. The molecule has 82 valence electrons. The highest BCUT2D eigenvalue weighted by Gasteiger charge is 2.24. The van der Waals surface area contributed by atoms with Crippen molar-refractivity contribution in [2.75, 3.05) is 0 Å². The third-order valence-corrected chi connectivity index (χ3v) is 2.46. The van der Waals surface area contributed by atoms with Crippen molar-refractivity contribution in [3.63, 3.8) is 0 Å². The first kappa shape index (κ1) is 12.1. The third-order valence-electron chi connectivity index (χ3n) is 1.96. The first-order chi connectivity index (χ1) is 7.00. The van der Waals surface area contributed by atoms with Crippen molar-refractivity contribution in [3.05, 3.63) is 34.3 Å². The molecule has 0 amide bonds. The molecular weight excluding hydrogens is 270 g/mol. The standard InChI is InChI=1S/C10H9BrF2O2/c11-7-3-1-2-6(4-7)8(10(14)15)5-9(12)13/h1-4,8-9H,5H2,(H,14,15). The van der Waals surface area contributed by atoms with E-state index in [1.165, 1.54) is 6.07 Å². The SMILES string of the molecule is O=C(O)C(CC(F)F)c1cccc(Br)c1. The van der Waals surface area contributed by atoms with Crippen molar-refractivity contribution in [2.24, 2.45) is 0 Å². The number of carboxylic acids is 1. The average Bonchev–Trinajstić information content (AvgIpc) is 2.13. The van der Waals surface area contributed by atoms with E-state index in [2.05, 4.69) is 15.9 Å². The molecule has 2 nitrogen and oxygen atoms in total. The largest absolute Gasteiger partial charge is 0.481 e. The molecule has 1 N–H and O–H groups in total. The van der Waals surface area contributed by atoms with Crippen LogP contribution in [0.25, 0.3) is 0 Å². The lowest BCUT2D eigenvalue weighted by Crippen LogP contribution is -2.14. The van der Waals surface area contributed by atoms with Crippen LogP contribution >= 0.6 is 15.9 Å². The summed E-state index contributed by atoms with van der Waals surface area (Å²) in [6.45, 7) is 0. The zero-order valence-corrected chi connectivity index (χ0v) is 9.25. The quantitative estimate of drug-likeness (QED) is 0.918. The van der Waals surface area contributed by atoms with Crippen LogP contribution in [0.2, 0.25) is 0 Å². The number of hydrogen-bond donors (Lipinski definition) is 1. The molecule has 5 heteroatoms. The van der Waals surface area contributed by atoms with E-state index in [0.717, 1.165) is 0 Å². The molecule has 15 heavy (non-hydrogen) atoms. The molecule has 0 aliphatic heterocycles. The second-order valence-electron chi connectivity index (χ2n) is 3.07. The average molecular weight is 279 g/mol. The minimum atomic E-state index is -2.62. The summed E-state index contributed by atoms with van der Waals surface area (Å²) in [4.78, 5) is 10.8. The van der Waals surface area contributed by atoms with Gasteiger partial charge >= 0.3 is 5.97 Å². The summed E-state index contributed by atoms with van der Waals surface area (Å²) in [5.41, 5.74) is 0.386. The second-order valence-corrected chi connectivity index (χ2v) is 3.99. The lowest BCUT2D eigenvalue weighted by atomic mass is 9.96. The Morgan fingerprint density at radius 3 is 2.60 bits per heavy atom. The van der Waals surface area contributed by atoms with Crippen LogP contribution < -0.4 is 0 Å². The number of alkyl halides is 2. The fourth-order valence-corrected chi connectivity index (χ4v) is 1.70. The van der Waals surface area contributed by atoms with E-state index < -0.39 is 24.7 Å². The normalized spacial score (nSPS) is 12.8. The van der Waals surface area contributed by atoms with Gasteiger partial charge in [0.1, 0.15) is 0 Å². The van der Waals surface area contributed by atoms with Crippen LogP contribution in [0, 0.1) is 0 Å². The lowest BCUT2D eigenvalue weighted by molar-refractivity contribution is -0.139. The Balaban J connectivity index is 2.94. The third kappa shape index (κ3) is 3.58. The Bertz CT molecular complexity index is 355. The Morgan fingerprint density at radius 2 is 2.13 bits per heavy atom. The molecule has 0 aromatic heterocycles. The molecule has 0 saturated heterocycles. The van der Waals surface area contributed by atoms with Gasteiger partial charge in [0, 0.05) is 10.9 Å². The molecular formula is C10H9BrF2O2. The number of carboxylic acid groups (broad SMARTS) is 1. The zero-order chi connectivity index (χ0) is 11.4. The number of carbonyl (C=O) groups is 1. The van der Waals surface area contributed by atoms with E-state index in [0.29, 0.717) is 10.0 Å². The summed E-state index contributed by atoms with van der Waals surface area (Å²) < 4.78 is 25.0. The first-order valence-electron chi connectivity index (χ1n) is 4.27. The maximum atomic E-state index is 12.2. The van der Waals surface area contributed by atoms with Gasteiger partial charge in [-0.15, -0.1) is 0 Å². The number of aliphatic carboxylic acids is 1. The highest BCUT2D eigenvalue weighted by atomic mass is 79.9. The van der Waals surface area contributed by atoms with Crippen molar-refractivity contribution in [1.29, 1.82) is 0 Å². The number of benzene rings is 1. The van der Waals surface area contributed by atoms with Gasteiger partial charge in [0.25, 0.3) is 0 Å². The second kappa shape index (κ2) is 5.21. The molecule has 1 rings (SSSR count). The van der Waals surface area contributed by atoms with E-state index in [1.807, 2.05) is 0 Å². The van der Waals surface area contributed by atoms with Gasteiger partial charge in [-0.25, -0.2) is 8.78 Å². The fourth-order valence-electron chi connectivity index (χ4n) is 1.28. The molecule has 0 spiro atoms. The van der Waals surface area contributed by atoms with Crippen LogP contribution in [0.1, 0.15) is 17.9 Å². The topological polar surface area (TPSA) is 37.3 Å². The molecule has 0 radical (unpaired) electrons. The maximum absolute atomic E-state index is 12.2. The van der Waals surface area contributed by atoms with Crippen LogP contribution in [-0.4, -0.2) is 17.5 Å². The molecule has 1 aromatic carbocycles. The molecule has 0 heterocycles. The van der Waals surface area contributed by atoms with Crippen LogP contribution in [0.5, 0.6) is 0 Å². The minimum absolute atomic E-state index is 0.386. The van der Waals surface area contributed by atoms with Crippen LogP contribution in [-0.2, 0) is 4.79 Å². The number of hydrogen-bond acceptors (Lipinski definition) is 1. The van der Waals surface area contributed by atoms with Gasteiger partial charge in [-0.2, -0.15) is 0 Å². The minimum Gasteiger partial charge on any atom is -0.481 e. The summed E-state index contributed by atoms with van der Waals surface area (Å²) in [6, 6.07) is 6.42. The van der Waals surface area contributed by atoms with E-state index in [1.54, 1.807) is 18.2 Å². The van der Waals surface area contributed by atoms with E-state index in [9.17, 15) is 13.6 Å². The van der Waals surface area contributed by atoms with E-state index >= 15 is 0 Å². The molecule has 0 saturated carbocycles. The van der Waals surface area contributed by atoms with E-state index in [-0.39, 0.29) is 0 Å². The Morgan fingerprint density at radius 1 is 1.47 bits per heavy atom. The Kier molecular flexibility index (Phi) is 4.20. The van der Waals surface area contributed by atoms with Crippen molar-refractivity contribution in [3.8, 4) is 0 Å². The highest BCUT2D eigenvalue weighted by Crippen LogP contribution is 2.25. The van der Waals surface area contributed by atoms with Gasteiger partial charge in [0.15, 0.2) is 0 Å². The van der Waals surface area contributed by atoms with Gasteiger partial charge in [0.2, 0.25) is 6.43 Å². The zero-order valence-electron chi connectivity index (χ0n) is 7.66. The summed E-state index contributed by atoms with van der Waals surface area (Å²) in [6.07, 6.45) is -3.28. The predicted molar refractivity (Wildman–Crippen MR) is 55.1 cm³/mol. The Labute approximate surface area is 94.0 Å². The van der Waals surface area contributed by atoms with Crippen molar-refractivity contribution < 1.29 is 18.7 Å². The summed E-state index contributed by atoms with van der Waals surface area (Å²) in [5, 5.41) is 8.82. The van der Waals surface area contributed by atoms with Crippen molar-refractivity contribution in [2.45, 2.75) is 18.8 Å². The molecule has 1 unspecified atom stereocenters. The van der Waals surface area contributed by atoms with Gasteiger partial charge in [-0.3, -0.25) is 4.79 Å². The highest BCUT2D eigenvalue weighted by molar-refractivity contribution is 9.10.